The molecule has 10 heteroatoms. The molecule has 1 heterocycles. The van der Waals surface area contributed by atoms with Crippen LogP contribution in [0.15, 0.2) is 149 Å². The fourth-order valence-electron chi connectivity index (χ4n) is 5.14. The van der Waals surface area contributed by atoms with E-state index in [1.54, 1.807) is 49.6 Å². The third-order valence-corrected chi connectivity index (χ3v) is 9.73. The van der Waals surface area contributed by atoms with Crippen molar-refractivity contribution in [3.8, 4) is 17.0 Å². The number of methoxy groups -OCH3 is 1. The zero-order valence-corrected chi connectivity index (χ0v) is 29.5. The minimum atomic E-state index is -0.627. The first kappa shape index (κ1) is 34.9. The fraction of sp³-hybridized carbons (Fsp3) is 0.0732. The molecule has 3 N–H and O–H groups in total. The number of hydrogen-bond donors (Lipinski definition) is 3. The van der Waals surface area contributed by atoms with Crippen molar-refractivity contribution in [3.63, 3.8) is 0 Å². The molecule has 0 spiro atoms. The van der Waals surface area contributed by atoms with Crippen LogP contribution in [0.4, 0.5) is 10.8 Å². The van der Waals surface area contributed by atoms with Crippen LogP contribution < -0.4 is 20.7 Å². The molecular weight excluding hydrogens is 677 g/mol. The summed E-state index contributed by atoms with van der Waals surface area (Å²) in [5.74, 6) is -0.440. The number of benzene rings is 5. The number of aromatic nitrogens is 1. The molecule has 1 aromatic heterocycles. The summed E-state index contributed by atoms with van der Waals surface area (Å²) in [4.78, 5) is 46.0. The zero-order chi connectivity index (χ0) is 35.6. The van der Waals surface area contributed by atoms with E-state index in [0.29, 0.717) is 27.8 Å². The second kappa shape index (κ2) is 16.6. The molecule has 6 aromatic rings. The van der Waals surface area contributed by atoms with Gasteiger partial charge in [-0.15, -0.1) is 23.1 Å². The van der Waals surface area contributed by atoms with Crippen LogP contribution in [0.25, 0.3) is 17.3 Å². The van der Waals surface area contributed by atoms with E-state index in [4.69, 9.17) is 4.74 Å². The van der Waals surface area contributed by atoms with Gasteiger partial charge >= 0.3 is 0 Å². The SMILES string of the molecule is COc1ccccc1-c1csc(NC(=O)C(Sc2cccc(NC(=O)/C(=C/c3ccc(C)cc3)NC(=O)c3ccccc3)c2)c2ccccc2)n1. The van der Waals surface area contributed by atoms with Gasteiger partial charge in [-0.25, -0.2) is 4.98 Å². The van der Waals surface area contributed by atoms with Crippen LogP contribution in [0.5, 0.6) is 5.75 Å². The van der Waals surface area contributed by atoms with Gasteiger partial charge in [0, 0.05) is 27.1 Å². The van der Waals surface area contributed by atoms with E-state index in [0.717, 1.165) is 27.1 Å². The summed E-state index contributed by atoms with van der Waals surface area (Å²) in [6, 6.07) is 40.7. The number of thioether (sulfide) groups is 1. The molecule has 6 rings (SSSR count). The maximum Gasteiger partial charge on any atom is 0.272 e. The van der Waals surface area contributed by atoms with Gasteiger partial charge in [0.1, 0.15) is 16.7 Å². The van der Waals surface area contributed by atoms with Crippen molar-refractivity contribution < 1.29 is 19.1 Å². The Kier molecular flexibility index (Phi) is 11.4. The van der Waals surface area contributed by atoms with Crippen molar-refractivity contribution >= 4 is 57.7 Å². The number of hydrogen-bond acceptors (Lipinski definition) is 7. The molecule has 0 bridgehead atoms. The lowest BCUT2D eigenvalue weighted by atomic mass is 10.1. The van der Waals surface area contributed by atoms with Crippen molar-refractivity contribution in [1.82, 2.24) is 10.3 Å². The Balaban J connectivity index is 1.21. The normalized spacial score (nSPS) is 11.7. The largest absolute Gasteiger partial charge is 0.496 e. The molecule has 5 aromatic carbocycles. The third kappa shape index (κ3) is 9.18. The number of nitrogens with one attached hydrogen (secondary N) is 3. The molecular formula is C41H34N4O4S2. The second-order valence-electron chi connectivity index (χ2n) is 11.4. The highest BCUT2D eigenvalue weighted by atomic mass is 32.2. The molecule has 51 heavy (non-hydrogen) atoms. The Morgan fingerprint density at radius 2 is 1.51 bits per heavy atom. The number of aryl methyl sites for hydroxylation is 1. The summed E-state index contributed by atoms with van der Waals surface area (Å²) in [5.41, 5.74) is 5.20. The fourth-order valence-corrected chi connectivity index (χ4v) is 6.93. The lowest BCUT2D eigenvalue weighted by Crippen LogP contribution is -2.30. The van der Waals surface area contributed by atoms with Crippen molar-refractivity contribution in [3.05, 3.63) is 167 Å². The quantitative estimate of drug-likeness (QED) is 0.0864. The molecule has 1 unspecified atom stereocenters. The van der Waals surface area contributed by atoms with Gasteiger partial charge in [0.15, 0.2) is 5.13 Å². The van der Waals surface area contributed by atoms with Crippen LogP contribution in [-0.2, 0) is 9.59 Å². The average molecular weight is 711 g/mol. The first-order valence-corrected chi connectivity index (χ1v) is 17.8. The molecule has 0 saturated heterocycles. The number of rotatable bonds is 12. The van der Waals surface area contributed by atoms with Crippen LogP contribution >= 0.6 is 23.1 Å². The van der Waals surface area contributed by atoms with E-state index in [-0.39, 0.29) is 11.6 Å². The predicted molar refractivity (Wildman–Crippen MR) is 206 cm³/mol. The highest BCUT2D eigenvalue weighted by Crippen LogP contribution is 2.38. The zero-order valence-electron chi connectivity index (χ0n) is 27.8. The summed E-state index contributed by atoms with van der Waals surface area (Å²) >= 11 is 2.68. The summed E-state index contributed by atoms with van der Waals surface area (Å²) < 4.78 is 5.49. The number of thiazole rings is 1. The van der Waals surface area contributed by atoms with Crippen LogP contribution in [0, 0.1) is 6.92 Å². The van der Waals surface area contributed by atoms with E-state index >= 15 is 0 Å². The summed E-state index contributed by atoms with van der Waals surface area (Å²) in [5, 5.41) is 10.4. The molecule has 1 atom stereocenters. The van der Waals surface area contributed by atoms with Crippen LogP contribution in [0.3, 0.4) is 0 Å². The highest BCUT2D eigenvalue weighted by Gasteiger charge is 2.24. The number of carbonyl (C=O) groups excluding carboxylic acids is 3. The van der Waals surface area contributed by atoms with E-state index < -0.39 is 17.1 Å². The molecule has 0 aliphatic rings. The number of para-hydroxylation sites is 1. The third-order valence-electron chi connectivity index (χ3n) is 7.72. The minimum Gasteiger partial charge on any atom is -0.496 e. The van der Waals surface area contributed by atoms with Gasteiger partial charge in [0.25, 0.3) is 11.8 Å². The van der Waals surface area contributed by atoms with E-state index in [1.807, 2.05) is 109 Å². The maximum absolute atomic E-state index is 13.8. The first-order chi connectivity index (χ1) is 24.9. The summed E-state index contributed by atoms with van der Waals surface area (Å²) in [7, 11) is 1.61. The van der Waals surface area contributed by atoms with Crippen LogP contribution in [0.2, 0.25) is 0 Å². The van der Waals surface area contributed by atoms with Crippen LogP contribution in [-0.4, -0.2) is 29.8 Å². The number of amides is 3. The summed E-state index contributed by atoms with van der Waals surface area (Å²) in [6.45, 7) is 1.98. The lowest BCUT2D eigenvalue weighted by molar-refractivity contribution is -0.116. The van der Waals surface area contributed by atoms with E-state index in [2.05, 4.69) is 20.9 Å². The molecule has 0 saturated carbocycles. The Morgan fingerprint density at radius 1 is 0.804 bits per heavy atom. The van der Waals surface area contributed by atoms with Crippen molar-refractivity contribution in [2.75, 3.05) is 17.7 Å². The predicted octanol–water partition coefficient (Wildman–Crippen LogP) is 9.01. The monoisotopic (exact) mass is 710 g/mol. The van der Waals surface area contributed by atoms with Crippen LogP contribution in [0.1, 0.15) is 32.3 Å². The number of carbonyl (C=O) groups is 3. The van der Waals surface area contributed by atoms with Gasteiger partial charge in [-0.1, -0.05) is 96.6 Å². The van der Waals surface area contributed by atoms with E-state index in [1.165, 1.54) is 23.1 Å². The molecule has 3 amide bonds. The maximum atomic E-state index is 13.8. The molecule has 0 fully saturated rings. The number of ether oxygens (including phenoxy) is 1. The molecule has 0 aliphatic heterocycles. The van der Waals surface area contributed by atoms with Gasteiger partial charge < -0.3 is 20.7 Å². The second-order valence-corrected chi connectivity index (χ2v) is 13.4. The Labute approximate surface area is 304 Å². The smallest absolute Gasteiger partial charge is 0.272 e. The Hall–Kier alpha value is -5.97. The molecule has 0 aliphatic carbocycles. The number of anilines is 2. The Bertz CT molecular complexity index is 2170. The van der Waals surface area contributed by atoms with E-state index in [9.17, 15) is 14.4 Å². The minimum absolute atomic E-state index is 0.0863. The van der Waals surface area contributed by atoms with Gasteiger partial charge in [0.2, 0.25) is 5.91 Å². The first-order valence-electron chi connectivity index (χ1n) is 16.0. The lowest BCUT2D eigenvalue weighted by Gasteiger charge is -2.17. The highest BCUT2D eigenvalue weighted by molar-refractivity contribution is 8.00. The Morgan fingerprint density at radius 3 is 2.25 bits per heavy atom. The molecule has 8 nitrogen and oxygen atoms in total. The summed E-state index contributed by atoms with van der Waals surface area (Å²) in [6.07, 6.45) is 1.64. The molecule has 0 radical (unpaired) electrons. The van der Waals surface area contributed by atoms with Crippen molar-refractivity contribution in [2.24, 2.45) is 0 Å². The average Bonchev–Trinajstić information content (AvgIpc) is 3.63. The van der Waals surface area contributed by atoms with Gasteiger partial charge in [-0.2, -0.15) is 0 Å². The van der Waals surface area contributed by atoms with Crippen molar-refractivity contribution in [1.29, 1.82) is 0 Å². The van der Waals surface area contributed by atoms with Gasteiger partial charge in [-0.3, -0.25) is 14.4 Å². The van der Waals surface area contributed by atoms with Gasteiger partial charge in [0.05, 0.1) is 12.8 Å². The van der Waals surface area contributed by atoms with Gasteiger partial charge in [-0.05, 0) is 66.6 Å². The molecule has 254 valence electrons. The standard InChI is InChI=1S/C41H34N4O4S2/c1-27-20-22-28(23-21-27)24-34(43-38(46)30-14-7-4-8-15-30)39(47)42-31-16-11-17-32(25-31)51-37(29-12-5-3-6-13-29)40(48)45-41-44-35(26-50-41)33-18-9-10-19-36(33)49-2/h3-26,37H,1-2H3,(H,42,47)(H,43,46)(H,44,45,48)/b34-24-. The topological polar surface area (TPSA) is 109 Å². The van der Waals surface area contributed by atoms with Crippen molar-refractivity contribution in [2.45, 2.75) is 17.1 Å². The number of nitrogens with zero attached hydrogens (tertiary/aromatic N) is 1.